The number of anilines is 6. The summed E-state index contributed by atoms with van der Waals surface area (Å²) in [5.41, 5.74) is 6.40. The minimum absolute atomic E-state index is 0. The van der Waals surface area contributed by atoms with Crippen molar-refractivity contribution in [3.8, 4) is 11.5 Å². The summed E-state index contributed by atoms with van der Waals surface area (Å²) in [6.45, 7) is 8.73. The predicted octanol–water partition coefficient (Wildman–Crippen LogP) is 9.41. The van der Waals surface area contributed by atoms with Crippen LogP contribution >= 0.6 is 11.8 Å². The molecule has 0 fully saturated rings. The Balaban J connectivity index is 0.00000316. The molecule has 7 rings (SSSR count). The molecule has 42 heavy (non-hydrogen) atoms. The summed E-state index contributed by atoms with van der Waals surface area (Å²) in [5.74, 6) is 2.11. The minimum Gasteiger partial charge on any atom is -0.509 e. The molecule has 2 aliphatic rings. The van der Waals surface area contributed by atoms with Crippen molar-refractivity contribution >= 4 is 46.0 Å². The van der Waals surface area contributed by atoms with Gasteiger partial charge in [-0.2, -0.15) is 30.6 Å². The fourth-order valence-corrected chi connectivity index (χ4v) is 6.20. The average Bonchev–Trinajstić information content (AvgIpc) is 3.32. The van der Waals surface area contributed by atoms with Crippen molar-refractivity contribution in [2.75, 3.05) is 21.7 Å². The smallest absolute Gasteiger partial charge is 0.135 e. The van der Waals surface area contributed by atoms with Gasteiger partial charge in [-0.1, -0.05) is 49.9 Å². The number of aromatic nitrogens is 1. The summed E-state index contributed by atoms with van der Waals surface area (Å²) < 4.78 is 6.39. The molecule has 0 atom stereocenters. The van der Waals surface area contributed by atoms with Crippen LogP contribution in [0, 0.1) is 18.8 Å². The summed E-state index contributed by atoms with van der Waals surface area (Å²) in [7, 11) is 2.05. The van der Waals surface area contributed by atoms with Crippen molar-refractivity contribution in [1.29, 1.82) is 0 Å². The van der Waals surface area contributed by atoms with Crippen LogP contribution in [0.5, 0.6) is 11.5 Å². The second kappa shape index (κ2) is 11.2. The number of hydrogen-bond donors (Lipinski definition) is 0. The summed E-state index contributed by atoms with van der Waals surface area (Å²) in [6, 6.07) is 38.1. The molecular formula is C35H29N4OPtS-3. The van der Waals surface area contributed by atoms with Crippen molar-refractivity contribution < 1.29 is 25.8 Å². The molecular weight excluding hydrogens is 720 g/mol. The molecule has 4 aromatic carbocycles. The standard InChI is InChI=1S/C35H29N4OS.Pt/c1-35(2,3)24-18-19-36-34(20-24)39-30-14-7-8-15-32(30)41-33-17-16-27(22-31(33)39)40-26-11-9-10-25(21-26)38-23-37(4)28-12-5-6-13-29(28)38;/h5-20,23H,1-4H3;/q-3;. The number of pyridine rings is 1. The Hall–Kier alpha value is -3.73. The molecule has 5 aromatic rings. The van der Waals surface area contributed by atoms with E-state index in [1.807, 2.05) is 30.5 Å². The third-order valence-corrected chi connectivity index (χ3v) is 8.41. The maximum atomic E-state index is 6.39. The van der Waals surface area contributed by atoms with Crippen LogP contribution in [-0.2, 0) is 26.5 Å². The van der Waals surface area contributed by atoms with E-state index in [0.717, 1.165) is 39.2 Å². The molecule has 0 radical (unpaired) electrons. The van der Waals surface area contributed by atoms with Gasteiger partial charge in [0.25, 0.3) is 0 Å². The molecule has 1 aromatic heterocycles. The van der Waals surface area contributed by atoms with Crippen molar-refractivity contribution in [2.24, 2.45) is 0 Å². The van der Waals surface area contributed by atoms with Gasteiger partial charge in [-0.3, -0.25) is 0 Å². The van der Waals surface area contributed by atoms with Crippen molar-refractivity contribution in [2.45, 2.75) is 36.0 Å². The summed E-state index contributed by atoms with van der Waals surface area (Å²) >= 11 is 1.74. The Morgan fingerprint density at radius 2 is 1.52 bits per heavy atom. The fraction of sp³-hybridized carbons (Fsp3) is 0.143. The van der Waals surface area contributed by atoms with Crippen LogP contribution in [0.1, 0.15) is 26.3 Å². The predicted molar refractivity (Wildman–Crippen MR) is 167 cm³/mol. The number of fused-ring (bicyclic) bond motifs is 3. The first kappa shape index (κ1) is 28.4. The molecule has 5 nitrogen and oxygen atoms in total. The molecule has 214 valence electrons. The van der Waals surface area contributed by atoms with E-state index in [4.69, 9.17) is 9.72 Å². The zero-order chi connectivity index (χ0) is 28.1. The van der Waals surface area contributed by atoms with Gasteiger partial charge in [0.05, 0.1) is 5.69 Å². The molecule has 0 unspecified atom stereocenters. The van der Waals surface area contributed by atoms with Crippen LogP contribution < -0.4 is 19.4 Å². The largest absolute Gasteiger partial charge is 0.509 e. The number of hydrogen-bond acceptors (Lipinski definition) is 6. The third kappa shape index (κ3) is 5.19. The van der Waals surface area contributed by atoms with E-state index in [9.17, 15) is 0 Å². The van der Waals surface area contributed by atoms with Gasteiger partial charge in [-0.25, -0.2) is 4.98 Å². The van der Waals surface area contributed by atoms with Crippen LogP contribution in [0.3, 0.4) is 0 Å². The molecule has 0 spiro atoms. The molecule has 7 heteroatoms. The number of benzene rings is 4. The number of rotatable bonds is 4. The Labute approximate surface area is 266 Å². The zero-order valence-corrected chi connectivity index (χ0v) is 26.8. The number of nitrogens with zero attached hydrogens (tertiary/aromatic N) is 4. The average molecular weight is 749 g/mol. The van der Waals surface area contributed by atoms with Gasteiger partial charge >= 0.3 is 0 Å². The van der Waals surface area contributed by atoms with Crippen LogP contribution in [0.15, 0.2) is 107 Å². The SMILES string of the molecule is CN1[CH-]N(c2[c-]c(Oc3[c-]c4c(cc3)Sc3ccccc3N4c3cc(C(C)(C)C)ccn3)ccc2)c2ccccc21.[Pt]. The van der Waals surface area contributed by atoms with Crippen molar-refractivity contribution in [3.05, 3.63) is 122 Å². The zero-order valence-electron chi connectivity index (χ0n) is 23.7. The van der Waals surface area contributed by atoms with Crippen LogP contribution in [0.25, 0.3) is 0 Å². The molecule has 2 aliphatic heterocycles. The van der Waals surface area contributed by atoms with Gasteiger partial charge < -0.3 is 19.4 Å². The van der Waals surface area contributed by atoms with Crippen LogP contribution in [0.2, 0.25) is 0 Å². The molecule has 3 heterocycles. The fourth-order valence-electron chi connectivity index (χ4n) is 5.18. The second-order valence-corrected chi connectivity index (χ2v) is 12.3. The Morgan fingerprint density at radius 1 is 0.786 bits per heavy atom. The van der Waals surface area contributed by atoms with Crippen LogP contribution in [-0.4, -0.2) is 12.0 Å². The van der Waals surface area contributed by atoms with E-state index in [-0.39, 0.29) is 26.5 Å². The maximum Gasteiger partial charge on any atom is 0.135 e. The molecule has 0 aliphatic carbocycles. The first-order valence-electron chi connectivity index (χ1n) is 13.6. The number of para-hydroxylation sites is 3. The number of ether oxygens (including phenoxy) is 1. The normalized spacial score (nSPS) is 13.7. The summed E-state index contributed by atoms with van der Waals surface area (Å²) in [6.07, 6.45) is 1.89. The van der Waals surface area contributed by atoms with Gasteiger partial charge in [0.2, 0.25) is 0 Å². The van der Waals surface area contributed by atoms with E-state index in [1.54, 1.807) is 11.8 Å². The van der Waals surface area contributed by atoms with Gasteiger partial charge in [0.1, 0.15) is 5.82 Å². The van der Waals surface area contributed by atoms with E-state index in [1.165, 1.54) is 10.5 Å². The van der Waals surface area contributed by atoms with E-state index < -0.39 is 0 Å². The van der Waals surface area contributed by atoms with Gasteiger partial charge in [-0.15, -0.1) is 36.0 Å². The van der Waals surface area contributed by atoms with Crippen molar-refractivity contribution in [1.82, 2.24) is 4.98 Å². The maximum absolute atomic E-state index is 6.39. The minimum atomic E-state index is 0. The van der Waals surface area contributed by atoms with Gasteiger partial charge in [-0.05, 0) is 60.1 Å². The van der Waals surface area contributed by atoms with E-state index in [2.05, 4.69) is 128 Å². The molecule has 0 N–H and O–H groups in total. The molecule has 0 bridgehead atoms. The topological polar surface area (TPSA) is 31.8 Å². The molecule has 0 saturated heterocycles. The summed E-state index contributed by atoms with van der Waals surface area (Å²) in [5, 5.41) is 0. The van der Waals surface area contributed by atoms with Crippen LogP contribution in [0.4, 0.5) is 34.3 Å². The Kier molecular flexibility index (Phi) is 7.55. The first-order chi connectivity index (χ1) is 19.8. The van der Waals surface area contributed by atoms with Gasteiger partial charge in [0.15, 0.2) is 0 Å². The van der Waals surface area contributed by atoms with Crippen molar-refractivity contribution in [3.63, 3.8) is 0 Å². The van der Waals surface area contributed by atoms with Gasteiger partial charge in [0, 0.05) is 55.0 Å². The first-order valence-corrected chi connectivity index (χ1v) is 14.4. The second-order valence-electron chi connectivity index (χ2n) is 11.2. The Bertz CT molecular complexity index is 1770. The molecule has 0 saturated carbocycles. The third-order valence-electron chi connectivity index (χ3n) is 7.29. The van der Waals surface area contributed by atoms with E-state index >= 15 is 0 Å². The monoisotopic (exact) mass is 748 g/mol. The molecule has 0 amide bonds. The summed E-state index contributed by atoms with van der Waals surface area (Å²) in [4.78, 5) is 13.5. The quantitative estimate of drug-likeness (QED) is 0.167. The Morgan fingerprint density at radius 3 is 2.33 bits per heavy atom. The van der Waals surface area contributed by atoms with E-state index in [0.29, 0.717) is 11.5 Å².